The average molecular weight is 209 g/mol. The third-order valence-electron chi connectivity index (χ3n) is 2.11. The quantitative estimate of drug-likeness (QED) is 0.637. The van der Waals surface area contributed by atoms with E-state index in [1.165, 1.54) is 11.8 Å². The Balaban J connectivity index is 0.00000144. The van der Waals surface area contributed by atoms with E-state index >= 15 is 0 Å². The fourth-order valence-corrected chi connectivity index (χ4v) is 1.24. The van der Waals surface area contributed by atoms with Crippen LogP contribution in [0.2, 0.25) is 0 Å². The molecule has 1 heterocycles. The number of aliphatic carboxylic acids is 1. The minimum Gasteiger partial charge on any atom is -0.480 e. The molecule has 1 aliphatic heterocycles. The van der Waals surface area contributed by atoms with Crippen molar-refractivity contribution in [2.45, 2.75) is 25.4 Å². The van der Waals surface area contributed by atoms with Gasteiger partial charge in [-0.2, -0.15) is 0 Å². The molecular weight excluding hydrogens is 196 g/mol. The van der Waals surface area contributed by atoms with Gasteiger partial charge in [0.2, 0.25) is 5.91 Å². The van der Waals surface area contributed by atoms with Crippen molar-refractivity contribution in [1.82, 2.24) is 4.90 Å². The van der Waals surface area contributed by atoms with Gasteiger partial charge in [0.15, 0.2) is 0 Å². The van der Waals surface area contributed by atoms with Crippen LogP contribution in [0.25, 0.3) is 0 Å². The molecule has 13 heavy (non-hydrogen) atoms. The van der Waals surface area contributed by atoms with Gasteiger partial charge in [0.25, 0.3) is 0 Å². The van der Waals surface area contributed by atoms with E-state index in [9.17, 15) is 9.59 Å². The van der Waals surface area contributed by atoms with Gasteiger partial charge in [0.1, 0.15) is 6.04 Å². The number of nitrogens with two attached hydrogens (primary N) is 1. The molecule has 0 aromatic heterocycles. The summed E-state index contributed by atoms with van der Waals surface area (Å²) in [4.78, 5) is 23.0. The molecule has 0 spiro atoms. The number of hydrogen-bond acceptors (Lipinski definition) is 3. The van der Waals surface area contributed by atoms with Gasteiger partial charge in [-0.3, -0.25) is 4.79 Å². The van der Waals surface area contributed by atoms with E-state index in [2.05, 4.69) is 0 Å². The maximum Gasteiger partial charge on any atom is 0.326 e. The third kappa shape index (κ3) is 2.32. The molecule has 1 saturated heterocycles. The number of hydrogen-bond donors (Lipinski definition) is 2. The molecule has 76 valence electrons. The van der Waals surface area contributed by atoms with Crippen molar-refractivity contribution >= 4 is 24.3 Å². The fourth-order valence-electron chi connectivity index (χ4n) is 1.24. The fraction of sp³-hybridized carbons (Fsp3) is 0.714. The smallest absolute Gasteiger partial charge is 0.326 e. The van der Waals surface area contributed by atoms with E-state index in [-0.39, 0.29) is 18.3 Å². The van der Waals surface area contributed by atoms with Crippen LogP contribution in [0.15, 0.2) is 0 Å². The minimum absolute atomic E-state index is 0. The highest BCUT2D eigenvalue weighted by atomic mass is 35.5. The van der Waals surface area contributed by atoms with E-state index in [0.717, 1.165) is 0 Å². The molecule has 0 aromatic carbocycles. The Morgan fingerprint density at radius 1 is 1.77 bits per heavy atom. The van der Waals surface area contributed by atoms with Gasteiger partial charge in [0.05, 0.1) is 6.04 Å². The average Bonchev–Trinajstić information content (AvgIpc) is 2.32. The highest BCUT2D eigenvalue weighted by Gasteiger charge is 2.34. The summed E-state index contributed by atoms with van der Waals surface area (Å²) in [6, 6.07) is -1.27. The standard InChI is InChI=1S/C7H12N2O3.ClH/c1-4(7(11)12)9-3-2-5(8)6(9)10;/h4-5H,2-3,8H2,1H3,(H,11,12);1H/t4-,5+;/m0./s1. The highest BCUT2D eigenvalue weighted by Crippen LogP contribution is 2.12. The number of amides is 1. The number of nitrogens with zero attached hydrogens (tertiary/aromatic N) is 1. The van der Waals surface area contributed by atoms with Gasteiger partial charge in [-0.05, 0) is 13.3 Å². The van der Waals surface area contributed by atoms with Gasteiger partial charge < -0.3 is 15.7 Å². The van der Waals surface area contributed by atoms with E-state index in [1.54, 1.807) is 0 Å². The van der Waals surface area contributed by atoms with Crippen LogP contribution < -0.4 is 5.73 Å². The molecule has 0 bridgehead atoms. The zero-order valence-electron chi connectivity index (χ0n) is 7.27. The van der Waals surface area contributed by atoms with Crippen LogP contribution in [0.1, 0.15) is 13.3 Å². The van der Waals surface area contributed by atoms with Crippen LogP contribution >= 0.6 is 12.4 Å². The molecule has 0 aliphatic carbocycles. The van der Waals surface area contributed by atoms with Crippen LogP contribution in [0.5, 0.6) is 0 Å². The van der Waals surface area contributed by atoms with Crippen LogP contribution in [0, 0.1) is 0 Å². The normalized spacial score (nSPS) is 24.0. The first-order chi connectivity index (χ1) is 5.54. The van der Waals surface area contributed by atoms with Crippen molar-refractivity contribution in [1.29, 1.82) is 0 Å². The van der Waals surface area contributed by atoms with Crippen LogP contribution in [-0.4, -0.2) is 40.5 Å². The molecule has 3 N–H and O–H groups in total. The molecule has 0 radical (unpaired) electrons. The maximum atomic E-state index is 11.2. The Kier molecular flexibility index (Phi) is 4.16. The predicted molar refractivity (Wildman–Crippen MR) is 48.7 cm³/mol. The number of carboxylic acid groups (broad SMARTS) is 1. The van der Waals surface area contributed by atoms with Gasteiger partial charge >= 0.3 is 5.97 Å². The van der Waals surface area contributed by atoms with E-state index in [1.807, 2.05) is 0 Å². The zero-order chi connectivity index (χ0) is 9.30. The lowest BCUT2D eigenvalue weighted by Crippen LogP contribution is -2.43. The monoisotopic (exact) mass is 208 g/mol. The molecule has 6 heteroatoms. The molecule has 1 fully saturated rings. The second-order valence-electron chi connectivity index (χ2n) is 2.94. The lowest BCUT2D eigenvalue weighted by Gasteiger charge is -2.20. The van der Waals surface area contributed by atoms with Crippen molar-refractivity contribution in [3.8, 4) is 0 Å². The Bertz CT molecular complexity index is 222. The topological polar surface area (TPSA) is 83.6 Å². The Morgan fingerprint density at radius 2 is 2.31 bits per heavy atom. The van der Waals surface area contributed by atoms with Gasteiger partial charge in [0, 0.05) is 6.54 Å². The summed E-state index contributed by atoms with van der Waals surface area (Å²) in [5, 5.41) is 8.61. The van der Waals surface area contributed by atoms with E-state index in [0.29, 0.717) is 13.0 Å². The number of halogens is 1. The van der Waals surface area contributed by atoms with Crippen LogP contribution in [0.3, 0.4) is 0 Å². The molecule has 1 rings (SSSR count). The van der Waals surface area contributed by atoms with Crippen molar-refractivity contribution in [2.75, 3.05) is 6.54 Å². The van der Waals surface area contributed by atoms with Crippen LogP contribution in [0.4, 0.5) is 0 Å². The summed E-state index contributed by atoms with van der Waals surface area (Å²) in [6.45, 7) is 1.94. The molecular formula is C7H13ClN2O3. The summed E-state index contributed by atoms with van der Waals surface area (Å²) < 4.78 is 0. The molecule has 0 saturated carbocycles. The number of carboxylic acids is 1. The second-order valence-corrected chi connectivity index (χ2v) is 2.94. The number of carbonyl (C=O) groups excluding carboxylic acids is 1. The first kappa shape index (κ1) is 12.2. The molecule has 1 amide bonds. The van der Waals surface area contributed by atoms with Gasteiger partial charge in [-0.25, -0.2) is 4.79 Å². The summed E-state index contributed by atoms with van der Waals surface area (Å²) in [5.74, 6) is -1.25. The summed E-state index contributed by atoms with van der Waals surface area (Å²) in [5.41, 5.74) is 5.42. The molecule has 0 aromatic rings. The lowest BCUT2D eigenvalue weighted by molar-refractivity contribution is -0.147. The van der Waals surface area contributed by atoms with E-state index in [4.69, 9.17) is 10.8 Å². The highest BCUT2D eigenvalue weighted by molar-refractivity contribution is 5.88. The zero-order valence-corrected chi connectivity index (χ0v) is 8.08. The maximum absolute atomic E-state index is 11.2. The number of carbonyl (C=O) groups is 2. The first-order valence-corrected chi connectivity index (χ1v) is 3.83. The minimum atomic E-state index is -0.988. The van der Waals surface area contributed by atoms with Crippen molar-refractivity contribution < 1.29 is 14.7 Å². The lowest BCUT2D eigenvalue weighted by atomic mass is 10.3. The Morgan fingerprint density at radius 3 is 2.62 bits per heavy atom. The summed E-state index contributed by atoms with van der Waals surface area (Å²) in [6.07, 6.45) is 0.552. The molecule has 1 aliphatic rings. The molecule has 0 unspecified atom stereocenters. The number of likely N-dealkylation sites (tertiary alicyclic amines) is 1. The summed E-state index contributed by atoms with van der Waals surface area (Å²) >= 11 is 0. The van der Waals surface area contributed by atoms with Gasteiger partial charge in [-0.15, -0.1) is 12.4 Å². The largest absolute Gasteiger partial charge is 0.480 e. The SMILES string of the molecule is C[C@@H](C(=O)O)N1CC[C@@H](N)C1=O.Cl. The Hall–Kier alpha value is -0.810. The van der Waals surface area contributed by atoms with Crippen LogP contribution in [-0.2, 0) is 9.59 Å². The second kappa shape index (κ2) is 4.43. The van der Waals surface area contributed by atoms with Crippen molar-refractivity contribution in [3.63, 3.8) is 0 Å². The van der Waals surface area contributed by atoms with E-state index < -0.39 is 18.1 Å². The van der Waals surface area contributed by atoms with Crippen molar-refractivity contribution in [2.24, 2.45) is 5.73 Å². The predicted octanol–water partition coefficient (Wildman–Crippen LogP) is -0.559. The third-order valence-corrected chi connectivity index (χ3v) is 2.11. The summed E-state index contributed by atoms with van der Waals surface area (Å²) in [7, 11) is 0. The number of rotatable bonds is 2. The molecule has 5 nitrogen and oxygen atoms in total. The van der Waals surface area contributed by atoms with Gasteiger partial charge in [-0.1, -0.05) is 0 Å². The molecule has 2 atom stereocenters. The first-order valence-electron chi connectivity index (χ1n) is 3.83. The van der Waals surface area contributed by atoms with Crippen molar-refractivity contribution in [3.05, 3.63) is 0 Å². The Labute approximate surface area is 82.3 Å².